The zero-order chi connectivity index (χ0) is 24.0. The molecule has 9 heteroatoms. The number of carbonyl (C=O) groups is 2. The predicted octanol–water partition coefficient (Wildman–Crippen LogP) is 4.32. The Morgan fingerprint density at radius 2 is 1.52 bits per heavy atom. The van der Waals surface area contributed by atoms with Crippen molar-refractivity contribution >= 4 is 28.9 Å². The molecule has 0 saturated heterocycles. The highest BCUT2D eigenvalue weighted by Gasteiger charge is 2.13. The molecule has 2 N–H and O–H groups in total. The monoisotopic (exact) mass is 446 g/mol. The number of benzene rings is 3. The molecule has 0 atom stereocenters. The lowest BCUT2D eigenvalue weighted by molar-refractivity contribution is -0.385. The molecular weight excluding hydrogens is 424 g/mol. The zero-order valence-electron chi connectivity index (χ0n) is 18.3. The van der Waals surface area contributed by atoms with Gasteiger partial charge >= 0.3 is 0 Å². The van der Waals surface area contributed by atoms with Crippen LogP contribution in [0.3, 0.4) is 0 Å². The number of aryl methyl sites for hydroxylation is 1. The van der Waals surface area contributed by atoms with Gasteiger partial charge in [-0.25, -0.2) is 5.43 Å². The third kappa shape index (κ3) is 5.79. The molecule has 3 aromatic carbocycles. The molecule has 0 spiro atoms. The van der Waals surface area contributed by atoms with E-state index < -0.39 is 10.8 Å². The second-order valence-corrected chi connectivity index (χ2v) is 7.16. The second kappa shape index (κ2) is 10.2. The highest BCUT2D eigenvalue weighted by Crippen LogP contribution is 2.19. The summed E-state index contributed by atoms with van der Waals surface area (Å²) in [6.45, 7) is 3.30. The van der Waals surface area contributed by atoms with Crippen LogP contribution >= 0.6 is 0 Å². The van der Waals surface area contributed by atoms with Gasteiger partial charge in [-0.3, -0.25) is 19.7 Å². The van der Waals surface area contributed by atoms with Gasteiger partial charge < -0.3 is 10.1 Å². The van der Waals surface area contributed by atoms with Crippen LogP contribution in [0.25, 0.3) is 0 Å². The van der Waals surface area contributed by atoms with Crippen LogP contribution in [0.4, 0.5) is 11.4 Å². The first-order chi connectivity index (χ1) is 15.8. The van der Waals surface area contributed by atoms with E-state index in [4.69, 9.17) is 4.74 Å². The number of nitro groups is 1. The van der Waals surface area contributed by atoms with Crippen molar-refractivity contribution in [1.29, 1.82) is 0 Å². The van der Waals surface area contributed by atoms with Crippen molar-refractivity contribution < 1.29 is 19.2 Å². The molecule has 3 aromatic rings. The van der Waals surface area contributed by atoms with Gasteiger partial charge in [0.05, 0.1) is 17.7 Å². The van der Waals surface area contributed by atoms with Crippen molar-refractivity contribution in [1.82, 2.24) is 5.43 Å². The van der Waals surface area contributed by atoms with Crippen molar-refractivity contribution in [3.8, 4) is 5.75 Å². The van der Waals surface area contributed by atoms with Crippen LogP contribution in [-0.2, 0) is 0 Å². The van der Waals surface area contributed by atoms with Gasteiger partial charge in [0.25, 0.3) is 17.5 Å². The summed E-state index contributed by atoms with van der Waals surface area (Å²) in [7, 11) is 1.56. The average molecular weight is 446 g/mol. The zero-order valence-corrected chi connectivity index (χ0v) is 18.3. The molecule has 0 aliphatic rings. The lowest BCUT2D eigenvalue weighted by Crippen LogP contribution is -2.19. The first kappa shape index (κ1) is 23.1. The van der Waals surface area contributed by atoms with E-state index in [9.17, 15) is 19.7 Å². The number of methoxy groups -OCH3 is 1. The summed E-state index contributed by atoms with van der Waals surface area (Å²) in [5.41, 5.74) is 5.47. The number of hydrogen-bond acceptors (Lipinski definition) is 6. The van der Waals surface area contributed by atoms with Crippen LogP contribution in [0.15, 0.2) is 71.8 Å². The third-order valence-electron chi connectivity index (χ3n) is 4.89. The van der Waals surface area contributed by atoms with Crippen LogP contribution in [-0.4, -0.2) is 29.6 Å². The molecule has 0 radical (unpaired) electrons. The number of carbonyl (C=O) groups excluding carboxylic acids is 2. The minimum Gasteiger partial charge on any atom is -0.497 e. The van der Waals surface area contributed by atoms with Crippen molar-refractivity contribution in [2.24, 2.45) is 5.10 Å². The smallest absolute Gasteiger partial charge is 0.272 e. The Labute approximate surface area is 190 Å². The fourth-order valence-corrected chi connectivity index (χ4v) is 3.01. The number of rotatable bonds is 7. The van der Waals surface area contributed by atoms with Gasteiger partial charge in [0, 0.05) is 28.4 Å². The maximum Gasteiger partial charge on any atom is 0.272 e. The summed E-state index contributed by atoms with van der Waals surface area (Å²) in [5.74, 6) is -0.0568. The van der Waals surface area contributed by atoms with Crippen molar-refractivity contribution in [3.63, 3.8) is 0 Å². The fraction of sp³-hybridized carbons (Fsp3) is 0.125. The summed E-state index contributed by atoms with van der Waals surface area (Å²) in [5, 5.41) is 17.8. The number of hydrazone groups is 1. The Balaban J connectivity index is 1.62. The summed E-state index contributed by atoms with van der Waals surface area (Å²) < 4.78 is 5.09. The van der Waals surface area contributed by atoms with Crippen LogP contribution in [0, 0.1) is 17.0 Å². The third-order valence-corrected chi connectivity index (χ3v) is 4.89. The minimum absolute atomic E-state index is 0.0506. The summed E-state index contributed by atoms with van der Waals surface area (Å²) in [4.78, 5) is 35.1. The second-order valence-electron chi connectivity index (χ2n) is 7.16. The predicted molar refractivity (Wildman–Crippen MR) is 125 cm³/mol. The number of nitrogens with zero attached hydrogens (tertiary/aromatic N) is 2. The molecule has 9 nitrogen and oxygen atoms in total. The van der Waals surface area contributed by atoms with E-state index in [-0.39, 0.29) is 17.2 Å². The molecule has 0 aromatic heterocycles. The fourth-order valence-electron chi connectivity index (χ4n) is 3.01. The molecule has 0 unspecified atom stereocenters. The van der Waals surface area contributed by atoms with E-state index in [2.05, 4.69) is 15.8 Å². The van der Waals surface area contributed by atoms with Gasteiger partial charge in [0.2, 0.25) is 0 Å². The SMILES string of the molecule is COc1ccc(C(=O)Nc2ccc(/C(C)=N/NC(=O)c3ccc([N+](=O)[O-])c(C)c3)cc2)cc1. The Morgan fingerprint density at radius 3 is 2.09 bits per heavy atom. The van der Waals surface area contributed by atoms with Crippen molar-refractivity contribution in [2.75, 3.05) is 12.4 Å². The highest BCUT2D eigenvalue weighted by molar-refractivity contribution is 6.05. The van der Waals surface area contributed by atoms with Gasteiger partial charge in [-0.2, -0.15) is 5.10 Å². The first-order valence-electron chi connectivity index (χ1n) is 9.94. The van der Waals surface area contributed by atoms with E-state index in [0.29, 0.717) is 28.3 Å². The van der Waals surface area contributed by atoms with E-state index in [1.807, 2.05) is 0 Å². The normalized spacial score (nSPS) is 10.9. The van der Waals surface area contributed by atoms with Gasteiger partial charge in [-0.15, -0.1) is 0 Å². The quantitative estimate of drug-likeness (QED) is 0.318. The molecule has 33 heavy (non-hydrogen) atoms. The lowest BCUT2D eigenvalue weighted by Gasteiger charge is -2.08. The Kier molecular flexibility index (Phi) is 7.14. The number of amides is 2. The maximum absolute atomic E-state index is 12.4. The Morgan fingerprint density at radius 1 is 0.909 bits per heavy atom. The lowest BCUT2D eigenvalue weighted by atomic mass is 10.1. The van der Waals surface area contributed by atoms with Crippen LogP contribution in [0.5, 0.6) is 5.75 Å². The van der Waals surface area contributed by atoms with Crippen molar-refractivity contribution in [3.05, 3.63) is 99.1 Å². The standard InChI is InChI=1S/C24H22N4O5/c1-15-14-19(8-13-22(15)28(31)32)24(30)27-26-16(2)17-4-9-20(10-5-17)25-23(29)18-6-11-21(33-3)12-7-18/h4-14H,1-3H3,(H,25,29)(H,27,30)/b26-16+. The molecule has 168 valence electrons. The van der Waals surface area contributed by atoms with Gasteiger partial charge in [-0.1, -0.05) is 12.1 Å². The molecule has 0 saturated carbocycles. The van der Waals surface area contributed by atoms with E-state index in [0.717, 1.165) is 5.56 Å². The van der Waals surface area contributed by atoms with Gasteiger partial charge in [-0.05, 0) is 67.9 Å². The summed E-state index contributed by atoms with van der Waals surface area (Å²) >= 11 is 0. The molecule has 0 aliphatic carbocycles. The molecule has 2 amide bonds. The molecule has 3 rings (SSSR count). The number of anilines is 1. The van der Waals surface area contributed by atoms with Crippen molar-refractivity contribution in [2.45, 2.75) is 13.8 Å². The minimum atomic E-state index is -0.498. The van der Waals surface area contributed by atoms with Crippen LogP contribution < -0.4 is 15.5 Å². The van der Waals surface area contributed by atoms with Crippen LogP contribution in [0.2, 0.25) is 0 Å². The Hall–Kier alpha value is -4.53. The van der Waals surface area contributed by atoms with E-state index >= 15 is 0 Å². The van der Waals surface area contributed by atoms with E-state index in [1.54, 1.807) is 69.5 Å². The topological polar surface area (TPSA) is 123 Å². The molecule has 0 bridgehead atoms. The Bertz CT molecular complexity index is 1220. The summed E-state index contributed by atoms with van der Waals surface area (Å²) in [6, 6.07) is 17.9. The molecule has 0 aliphatic heterocycles. The number of nitrogens with one attached hydrogen (secondary N) is 2. The number of hydrogen-bond donors (Lipinski definition) is 2. The molecular formula is C24H22N4O5. The largest absolute Gasteiger partial charge is 0.497 e. The molecule has 0 fully saturated rings. The molecule has 0 heterocycles. The number of nitro benzene ring substituents is 1. The highest BCUT2D eigenvalue weighted by atomic mass is 16.6. The first-order valence-corrected chi connectivity index (χ1v) is 9.94. The van der Waals surface area contributed by atoms with Gasteiger partial charge in [0.15, 0.2) is 0 Å². The van der Waals surface area contributed by atoms with Gasteiger partial charge in [0.1, 0.15) is 5.75 Å². The number of ether oxygens (including phenoxy) is 1. The maximum atomic E-state index is 12.4. The van der Waals surface area contributed by atoms with Crippen LogP contribution in [0.1, 0.15) is 38.8 Å². The average Bonchev–Trinajstić information content (AvgIpc) is 2.82. The van der Waals surface area contributed by atoms with E-state index in [1.165, 1.54) is 18.2 Å². The summed E-state index contributed by atoms with van der Waals surface area (Å²) in [6.07, 6.45) is 0.